The van der Waals surface area contributed by atoms with Gasteiger partial charge in [-0.15, -0.1) is 10.2 Å². The zero-order valence-electron chi connectivity index (χ0n) is 11.9. The molecule has 3 aromatic rings. The molecule has 20 heavy (non-hydrogen) atoms. The number of benzene rings is 1. The Kier molecular flexibility index (Phi) is 3.10. The minimum atomic E-state index is 0.722. The van der Waals surface area contributed by atoms with Gasteiger partial charge in [-0.1, -0.05) is 18.2 Å². The Morgan fingerprint density at radius 1 is 1.10 bits per heavy atom. The van der Waals surface area contributed by atoms with Crippen LogP contribution in [0.25, 0.3) is 5.65 Å². The molecule has 0 saturated carbocycles. The first-order valence-electron chi connectivity index (χ1n) is 6.61. The van der Waals surface area contributed by atoms with Gasteiger partial charge in [-0.05, 0) is 37.5 Å². The van der Waals surface area contributed by atoms with Crippen LogP contribution in [-0.4, -0.2) is 19.6 Å². The van der Waals surface area contributed by atoms with Gasteiger partial charge in [-0.25, -0.2) is 4.98 Å². The second-order valence-corrected chi connectivity index (χ2v) is 4.99. The van der Waals surface area contributed by atoms with Gasteiger partial charge in [0.15, 0.2) is 5.82 Å². The largest absolute Gasteiger partial charge is 0.363 e. The van der Waals surface area contributed by atoms with Gasteiger partial charge in [0.2, 0.25) is 5.65 Å². The van der Waals surface area contributed by atoms with Crippen LogP contribution in [-0.2, 0) is 6.54 Å². The Morgan fingerprint density at radius 2 is 1.95 bits per heavy atom. The van der Waals surface area contributed by atoms with E-state index in [-0.39, 0.29) is 0 Å². The SMILES string of the molecule is Cc1ccc(CNc2nccn3c(C)nnc23)cc1C. The van der Waals surface area contributed by atoms with E-state index >= 15 is 0 Å². The maximum atomic E-state index is 4.34. The summed E-state index contributed by atoms with van der Waals surface area (Å²) in [5, 5.41) is 11.5. The molecule has 3 rings (SSSR count). The molecule has 1 N–H and O–H groups in total. The number of rotatable bonds is 3. The minimum absolute atomic E-state index is 0.722. The summed E-state index contributed by atoms with van der Waals surface area (Å²) in [6.07, 6.45) is 3.62. The number of fused-ring (bicyclic) bond motifs is 1. The summed E-state index contributed by atoms with van der Waals surface area (Å²) in [6, 6.07) is 6.46. The van der Waals surface area contributed by atoms with Gasteiger partial charge in [-0.2, -0.15) is 0 Å². The fraction of sp³-hybridized carbons (Fsp3) is 0.267. The van der Waals surface area contributed by atoms with Gasteiger partial charge in [0.1, 0.15) is 5.82 Å². The topological polar surface area (TPSA) is 55.1 Å². The molecular weight excluding hydrogens is 250 g/mol. The van der Waals surface area contributed by atoms with Crippen LogP contribution in [0.4, 0.5) is 5.82 Å². The van der Waals surface area contributed by atoms with Crippen LogP contribution in [0, 0.1) is 20.8 Å². The number of nitrogens with one attached hydrogen (secondary N) is 1. The molecule has 0 aliphatic heterocycles. The Hall–Kier alpha value is -2.43. The second kappa shape index (κ2) is 4.92. The van der Waals surface area contributed by atoms with Crippen molar-refractivity contribution in [1.29, 1.82) is 0 Å². The summed E-state index contributed by atoms with van der Waals surface area (Å²) in [5.74, 6) is 1.61. The minimum Gasteiger partial charge on any atom is -0.363 e. The van der Waals surface area contributed by atoms with Crippen LogP contribution in [0.5, 0.6) is 0 Å². The Labute approximate surface area is 117 Å². The molecule has 0 bridgehead atoms. The van der Waals surface area contributed by atoms with E-state index in [9.17, 15) is 0 Å². The fourth-order valence-electron chi connectivity index (χ4n) is 2.17. The summed E-state index contributed by atoms with van der Waals surface area (Å²) >= 11 is 0. The normalized spacial score (nSPS) is 10.9. The summed E-state index contributed by atoms with van der Waals surface area (Å²) < 4.78 is 1.93. The molecule has 0 saturated heterocycles. The van der Waals surface area contributed by atoms with E-state index in [4.69, 9.17) is 0 Å². The monoisotopic (exact) mass is 267 g/mol. The number of aromatic nitrogens is 4. The zero-order chi connectivity index (χ0) is 14.1. The maximum absolute atomic E-state index is 4.34. The Morgan fingerprint density at radius 3 is 2.75 bits per heavy atom. The number of aryl methyl sites for hydroxylation is 3. The summed E-state index contributed by atoms with van der Waals surface area (Å²) in [4.78, 5) is 4.34. The van der Waals surface area contributed by atoms with Gasteiger partial charge in [0.25, 0.3) is 0 Å². The molecule has 0 aliphatic carbocycles. The van der Waals surface area contributed by atoms with Crippen molar-refractivity contribution in [2.24, 2.45) is 0 Å². The van der Waals surface area contributed by atoms with Crippen molar-refractivity contribution in [2.45, 2.75) is 27.3 Å². The molecule has 5 nitrogen and oxygen atoms in total. The lowest BCUT2D eigenvalue weighted by atomic mass is 10.1. The van der Waals surface area contributed by atoms with Gasteiger partial charge in [-0.3, -0.25) is 4.40 Å². The first-order chi connectivity index (χ1) is 9.65. The standard InChI is InChI=1S/C15H17N5/c1-10-4-5-13(8-11(10)2)9-17-14-15-19-18-12(3)20(15)7-6-16-14/h4-8H,9H2,1-3H3,(H,16,17). The van der Waals surface area contributed by atoms with E-state index in [1.807, 2.05) is 17.5 Å². The first kappa shape index (κ1) is 12.6. The third kappa shape index (κ3) is 2.22. The molecule has 0 atom stereocenters. The Balaban J connectivity index is 1.85. The lowest BCUT2D eigenvalue weighted by Gasteiger charge is -2.08. The van der Waals surface area contributed by atoms with Crippen LogP contribution < -0.4 is 5.32 Å². The maximum Gasteiger partial charge on any atom is 0.203 e. The lowest BCUT2D eigenvalue weighted by Crippen LogP contribution is -2.04. The highest BCUT2D eigenvalue weighted by Gasteiger charge is 2.07. The molecule has 102 valence electrons. The molecule has 0 aliphatic rings. The van der Waals surface area contributed by atoms with Crippen LogP contribution in [0.3, 0.4) is 0 Å². The lowest BCUT2D eigenvalue weighted by molar-refractivity contribution is 1.000. The van der Waals surface area contributed by atoms with E-state index in [2.05, 4.69) is 52.5 Å². The van der Waals surface area contributed by atoms with Gasteiger partial charge in [0.05, 0.1) is 0 Å². The number of hydrogen-bond acceptors (Lipinski definition) is 4. The van der Waals surface area contributed by atoms with E-state index in [1.54, 1.807) is 6.20 Å². The molecule has 0 radical (unpaired) electrons. The first-order valence-corrected chi connectivity index (χ1v) is 6.61. The number of anilines is 1. The molecule has 0 amide bonds. The van der Waals surface area contributed by atoms with E-state index in [1.165, 1.54) is 16.7 Å². The molecule has 0 spiro atoms. The predicted octanol–water partition coefficient (Wildman–Crippen LogP) is 2.66. The highest BCUT2D eigenvalue weighted by atomic mass is 15.3. The molecule has 2 aromatic heterocycles. The van der Waals surface area contributed by atoms with E-state index in [0.29, 0.717) is 0 Å². The molecule has 1 aromatic carbocycles. The van der Waals surface area contributed by atoms with Crippen molar-refractivity contribution in [1.82, 2.24) is 19.6 Å². The van der Waals surface area contributed by atoms with Crippen molar-refractivity contribution >= 4 is 11.5 Å². The van der Waals surface area contributed by atoms with Gasteiger partial charge < -0.3 is 5.32 Å². The summed E-state index contributed by atoms with van der Waals surface area (Å²) in [7, 11) is 0. The molecule has 2 heterocycles. The van der Waals surface area contributed by atoms with Crippen LogP contribution in [0.1, 0.15) is 22.5 Å². The Bertz CT molecular complexity index is 760. The predicted molar refractivity (Wildman–Crippen MR) is 78.8 cm³/mol. The fourth-order valence-corrected chi connectivity index (χ4v) is 2.17. The van der Waals surface area contributed by atoms with Crippen molar-refractivity contribution in [3.63, 3.8) is 0 Å². The van der Waals surface area contributed by atoms with Crippen LogP contribution in [0.15, 0.2) is 30.6 Å². The highest BCUT2D eigenvalue weighted by molar-refractivity contribution is 5.62. The molecule has 0 unspecified atom stereocenters. The smallest absolute Gasteiger partial charge is 0.203 e. The molecule has 0 fully saturated rings. The second-order valence-electron chi connectivity index (χ2n) is 4.99. The van der Waals surface area contributed by atoms with Crippen LogP contribution in [0.2, 0.25) is 0 Å². The van der Waals surface area contributed by atoms with Crippen molar-refractivity contribution in [2.75, 3.05) is 5.32 Å². The number of hydrogen-bond donors (Lipinski definition) is 1. The summed E-state index contributed by atoms with van der Waals surface area (Å²) in [5.41, 5.74) is 4.60. The van der Waals surface area contributed by atoms with Crippen molar-refractivity contribution < 1.29 is 0 Å². The third-order valence-corrected chi connectivity index (χ3v) is 3.53. The molecular formula is C15H17N5. The molecule has 5 heteroatoms. The quantitative estimate of drug-likeness (QED) is 0.792. The van der Waals surface area contributed by atoms with Crippen LogP contribution >= 0.6 is 0 Å². The van der Waals surface area contributed by atoms with Crippen molar-refractivity contribution in [3.05, 3.63) is 53.1 Å². The van der Waals surface area contributed by atoms with Gasteiger partial charge >= 0.3 is 0 Å². The van der Waals surface area contributed by atoms with Gasteiger partial charge in [0, 0.05) is 18.9 Å². The third-order valence-electron chi connectivity index (χ3n) is 3.53. The average Bonchev–Trinajstić information content (AvgIpc) is 2.83. The van der Waals surface area contributed by atoms with E-state index in [0.717, 1.165) is 23.8 Å². The summed E-state index contributed by atoms with van der Waals surface area (Å²) in [6.45, 7) is 6.89. The highest BCUT2D eigenvalue weighted by Crippen LogP contribution is 2.15. The van der Waals surface area contributed by atoms with E-state index < -0.39 is 0 Å². The average molecular weight is 267 g/mol. The number of nitrogens with zero attached hydrogens (tertiary/aromatic N) is 4. The van der Waals surface area contributed by atoms with Crippen molar-refractivity contribution in [3.8, 4) is 0 Å². The zero-order valence-corrected chi connectivity index (χ0v) is 11.9.